The molecule has 0 unspecified atom stereocenters. The fourth-order valence-electron chi connectivity index (χ4n) is 4.15. The lowest BCUT2D eigenvalue weighted by atomic mass is 10.0. The number of aliphatic hydroxyl groups excluding tert-OH is 3. The van der Waals surface area contributed by atoms with Crippen LogP contribution in [0.15, 0.2) is 79.0 Å². The third kappa shape index (κ3) is 8.15. The first-order chi connectivity index (χ1) is 18.7. The monoisotopic (exact) mass is 533 g/mol. The van der Waals surface area contributed by atoms with E-state index in [1.807, 2.05) is 20.2 Å². The molecular weight excluding hydrogens is 494 g/mol. The van der Waals surface area contributed by atoms with E-state index in [-0.39, 0.29) is 6.42 Å². The molecule has 0 amide bonds. The van der Waals surface area contributed by atoms with Crippen molar-refractivity contribution in [3.63, 3.8) is 0 Å². The number of carboxylic acids is 1. The summed E-state index contributed by atoms with van der Waals surface area (Å²) < 4.78 is 2.25. The minimum absolute atomic E-state index is 0.150. The molecule has 0 atom stereocenters. The summed E-state index contributed by atoms with van der Waals surface area (Å²) in [6, 6.07) is 25.4. The summed E-state index contributed by atoms with van der Waals surface area (Å²) in [5.74, 6) is -0.761. The molecule has 0 fully saturated rings. The summed E-state index contributed by atoms with van der Waals surface area (Å²) in [4.78, 5) is 13.1. The second kappa shape index (κ2) is 13.9. The van der Waals surface area contributed by atoms with E-state index in [1.165, 1.54) is 22.2 Å². The molecule has 208 valence electrons. The molecule has 0 saturated carbocycles. The lowest BCUT2D eigenvalue weighted by Gasteiger charge is -2.20. The van der Waals surface area contributed by atoms with Crippen molar-refractivity contribution < 1.29 is 25.2 Å². The summed E-state index contributed by atoms with van der Waals surface area (Å²) in [6.45, 7) is -1.21. The van der Waals surface area contributed by atoms with Gasteiger partial charge < -0.3 is 35.6 Å². The van der Waals surface area contributed by atoms with Crippen LogP contribution in [0, 0.1) is 0 Å². The average Bonchev–Trinajstić information content (AvgIpc) is 3.33. The third-order valence-electron chi connectivity index (χ3n) is 6.69. The molecule has 8 nitrogen and oxygen atoms in total. The minimum Gasteiger partial charge on any atom is -0.481 e. The maximum atomic E-state index is 11.0. The Hall–Kier alpha value is -3.69. The smallest absolute Gasteiger partial charge is 0.303 e. The van der Waals surface area contributed by atoms with Gasteiger partial charge in [0.1, 0.15) is 0 Å². The number of aromatic nitrogens is 1. The normalized spacial score (nSPS) is 11.2. The standard InChI is InChI=1S/C27H28N2O2.C4H11NO3/c1-28(2)23-12-14-24(15-13-23)29-19-22(11-8-20-6-4-3-5-7-20)25-18-21(9-16-26(25)29)10-17-27(30)31;5-4(1-6,2-7)3-8/h3-7,9,12-16,18-19H,8,10-11,17H2,1-2H3,(H,30,31);6-8H,1-3,5H2. The lowest BCUT2D eigenvalue weighted by molar-refractivity contribution is -0.136. The van der Waals surface area contributed by atoms with Crippen LogP contribution in [-0.4, -0.2) is 70.4 Å². The minimum atomic E-state index is -1.21. The molecule has 0 aliphatic carbocycles. The van der Waals surface area contributed by atoms with E-state index >= 15 is 0 Å². The van der Waals surface area contributed by atoms with Crippen LogP contribution in [-0.2, 0) is 24.1 Å². The van der Waals surface area contributed by atoms with E-state index in [9.17, 15) is 4.79 Å². The van der Waals surface area contributed by atoms with Crippen LogP contribution < -0.4 is 10.6 Å². The van der Waals surface area contributed by atoms with Gasteiger partial charge in [0.2, 0.25) is 0 Å². The van der Waals surface area contributed by atoms with E-state index in [4.69, 9.17) is 26.2 Å². The number of aliphatic hydroxyl groups is 3. The molecule has 0 bridgehead atoms. The van der Waals surface area contributed by atoms with Crippen LogP contribution in [0.4, 0.5) is 5.69 Å². The van der Waals surface area contributed by atoms with E-state index in [1.54, 1.807) is 0 Å². The molecule has 8 heteroatoms. The lowest BCUT2D eigenvalue weighted by Crippen LogP contribution is -2.50. The van der Waals surface area contributed by atoms with Crippen molar-refractivity contribution in [1.82, 2.24) is 4.57 Å². The Kier molecular flexibility index (Phi) is 10.7. The average molecular weight is 534 g/mol. The summed E-state index contributed by atoms with van der Waals surface area (Å²) in [6.07, 6.45) is 4.84. The van der Waals surface area contributed by atoms with Crippen molar-refractivity contribution in [3.05, 3.63) is 95.7 Å². The van der Waals surface area contributed by atoms with Gasteiger partial charge >= 0.3 is 5.97 Å². The van der Waals surface area contributed by atoms with Crippen LogP contribution in [0.1, 0.15) is 23.1 Å². The number of nitrogens with zero attached hydrogens (tertiary/aromatic N) is 2. The van der Waals surface area contributed by atoms with E-state index in [2.05, 4.69) is 82.4 Å². The number of hydrogen-bond acceptors (Lipinski definition) is 6. The maximum Gasteiger partial charge on any atom is 0.303 e. The molecule has 1 aromatic heterocycles. The zero-order valence-corrected chi connectivity index (χ0v) is 22.6. The Bertz CT molecular complexity index is 1320. The number of nitrogens with two attached hydrogens (primary N) is 1. The topological polar surface area (TPSA) is 132 Å². The number of carboxylic acid groups (broad SMARTS) is 1. The first-order valence-electron chi connectivity index (χ1n) is 13.0. The Morgan fingerprint density at radius 2 is 1.49 bits per heavy atom. The number of hydrogen-bond donors (Lipinski definition) is 5. The van der Waals surface area contributed by atoms with Gasteiger partial charge in [0.05, 0.1) is 30.9 Å². The van der Waals surface area contributed by atoms with Gasteiger partial charge in [0.15, 0.2) is 0 Å². The van der Waals surface area contributed by atoms with Gasteiger partial charge in [0, 0.05) is 43.5 Å². The molecule has 0 saturated heterocycles. The van der Waals surface area contributed by atoms with Gasteiger partial charge in [-0.05, 0) is 72.4 Å². The zero-order chi connectivity index (χ0) is 28.4. The van der Waals surface area contributed by atoms with Gasteiger partial charge in [-0.25, -0.2) is 0 Å². The zero-order valence-electron chi connectivity index (χ0n) is 22.6. The Morgan fingerprint density at radius 1 is 0.846 bits per heavy atom. The summed E-state index contributed by atoms with van der Waals surface area (Å²) >= 11 is 0. The predicted octanol–water partition coefficient (Wildman–Crippen LogP) is 3.16. The molecule has 1 heterocycles. The van der Waals surface area contributed by atoms with Crippen molar-refractivity contribution >= 4 is 22.6 Å². The number of aliphatic carboxylic acids is 1. The molecule has 4 rings (SSSR count). The molecular formula is C31H39N3O5. The molecule has 3 aromatic carbocycles. The highest BCUT2D eigenvalue weighted by Gasteiger charge is 2.20. The molecule has 6 N–H and O–H groups in total. The largest absolute Gasteiger partial charge is 0.481 e. The number of aryl methyl sites for hydroxylation is 3. The fourth-order valence-corrected chi connectivity index (χ4v) is 4.15. The highest BCUT2D eigenvalue weighted by molar-refractivity contribution is 5.86. The van der Waals surface area contributed by atoms with Gasteiger partial charge in [-0.1, -0.05) is 36.4 Å². The van der Waals surface area contributed by atoms with Gasteiger partial charge in [0.25, 0.3) is 0 Å². The summed E-state index contributed by atoms with van der Waals surface area (Å²) in [7, 11) is 4.08. The van der Waals surface area contributed by atoms with E-state index in [0.717, 1.165) is 29.6 Å². The van der Waals surface area contributed by atoms with Crippen LogP contribution in [0.25, 0.3) is 16.6 Å². The van der Waals surface area contributed by atoms with Crippen LogP contribution >= 0.6 is 0 Å². The van der Waals surface area contributed by atoms with Crippen LogP contribution in [0.5, 0.6) is 0 Å². The number of fused-ring (bicyclic) bond motifs is 1. The molecule has 0 aliphatic rings. The summed E-state index contributed by atoms with van der Waals surface area (Å²) in [5.41, 5.74) is 11.1. The molecule has 0 spiro atoms. The third-order valence-corrected chi connectivity index (χ3v) is 6.69. The predicted molar refractivity (Wildman–Crippen MR) is 156 cm³/mol. The Labute approximate surface area is 229 Å². The highest BCUT2D eigenvalue weighted by atomic mass is 16.4. The SMILES string of the molecule is CN(C)c1ccc(-n2cc(CCc3ccccc3)c3cc(CCC(=O)O)ccc32)cc1.NC(CO)(CO)CO. The quantitative estimate of drug-likeness (QED) is 0.200. The van der Waals surface area contributed by atoms with Crippen LogP contribution in [0.3, 0.4) is 0 Å². The van der Waals surface area contributed by atoms with Gasteiger partial charge in [-0.3, -0.25) is 4.79 Å². The number of benzene rings is 3. The number of rotatable bonds is 11. The van der Waals surface area contributed by atoms with Gasteiger partial charge in [-0.2, -0.15) is 0 Å². The first kappa shape index (κ1) is 29.9. The molecule has 0 radical (unpaired) electrons. The van der Waals surface area contributed by atoms with E-state index < -0.39 is 31.3 Å². The molecule has 39 heavy (non-hydrogen) atoms. The first-order valence-corrected chi connectivity index (χ1v) is 13.0. The number of anilines is 1. The number of carbonyl (C=O) groups is 1. The van der Waals surface area contributed by atoms with Crippen LogP contribution in [0.2, 0.25) is 0 Å². The maximum absolute atomic E-state index is 11.0. The van der Waals surface area contributed by atoms with Crippen molar-refractivity contribution in [2.45, 2.75) is 31.2 Å². The molecule has 0 aliphatic heterocycles. The second-order valence-electron chi connectivity index (χ2n) is 10.0. The summed E-state index contributed by atoms with van der Waals surface area (Å²) in [5, 5.41) is 35.3. The Morgan fingerprint density at radius 3 is 2.03 bits per heavy atom. The highest BCUT2D eigenvalue weighted by Crippen LogP contribution is 2.28. The van der Waals surface area contributed by atoms with Crippen molar-refractivity contribution in [2.24, 2.45) is 5.73 Å². The van der Waals surface area contributed by atoms with Crippen molar-refractivity contribution in [1.29, 1.82) is 0 Å². The molecule has 4 aromatic rings. The van der Waals surface area contributed by atoms with Crippen molar-refractivity contribution in [2.75, 3.05) is 38.8 Å². The fraction of sp³-hybridized carbons (Fsp3) is 0.323. The van der Waals surface area contributed by atoms with E-state index in [0.29, 0.717) is 6.42 Å². The van der Waals surface area contributed by atoms with Crippen molar-refractivity contribution in [3.8, 4) is 5.69 Å². The Balaban J connectivity index is 0.000000459. The second-order valence-corrected chi connectivity index (χ2v) is 10.0. The van der Waals surface area contributed by atoms with Gasteiger partial charge in [-0.15, -0.1) is 0 Å².